The molecule has 2 aliphatic rings. The van der Waals surface area contributed by atoms with Crippen LogP contribution in [0.5, 0.6) is 0 Å². The zero-order chi connectivity index (χ0) is 29.3. The lowest BCUT2D eigenvalue weighted by Gasteiger charge is -2.42. The van der Waals surface area contributed by atoms with Crippen molar-refractivity contribution < 1.29 is 14.0 Å². The molecule has 0 unspecified atom stereocenters. The van der Waals surface area contributed by atoms with Crippen molar-refractivity contribution in [3.8, 4) is 16.9 Å². The van der Waals surface area contributed by atoms with E-state index in [1.54, 1.807) is 22.4 Å². The number of H-pyrrole nitrogens is 1. The molecule has 1 aliphatic carbocycles. The van der Waals surface area contributed by atoms with E-state index in [0.717, 1.165) is 46.2 Å². The first-order valence-electron chi connectivity index (χ1n) is 13.9. The van der Waals surface area contributed by atoms with Crippen LogP contribution < -0.4 is 4.90 Å². The number of pyridine rings is 1. The molecule has 43 heavy (non-hydrogen) atoms. The Hall–Kier alpha value is -5.04. The Morgan fingerprint density at radius 2 is 1.91 bits per heavy atom. The molecule has 2 fully saturated rings. The quantitative estimate of drug-likeness (QED) is 0.231. The number of carbonyl (C=O) groups excluding carboxylic acids is 2. The van der Waals surface area contributed by atoms with E-state index >= 15 is 4.39 Å². The van der Waals surface area contributed by atoms with E-state index in [0.29, 0.717) is 25.5 Å². The number of fused-ring (bicyclic) bond motifs is 2. The first-order chi connectivity index (χ1) is 20.9. The maximum absolute atomic E-state index is 15.0. The maximum Gasteiger partial charge on any atom is 0.295 e. The highest BCUT2D eigenvalue weighted by molar-refractivity contribution is 7.17. The number of thiophene rings is 1. The third-order valence-corrected chi connectivity index (χ3v) is 9.23. The number of aromatic amines is 1. The van der Waals surface area contributed by atoms with Gasteiger partial charge in [-0.2, -0.15) is 0 Å². The number of nitrogens with one attached hydrogen (secondary N) is 1. The summed E-state index contributed by atoms with van der Waals surface area (Å²) in [4.78, 5) is 48.9. The molecule has 8 rings (SSSR count). The molecule has 0 bridgehead atoms. The molecular weight excluding hydrogens is 569 g/mol. The molecule has 1 amide bonds. The third kappa shape index (κ3) is 4.02. The second-order valence-electron chi connectivity index (χ2n) is 11.0. The maximum atomic E-state index is 15.0. The number of carbonyl (C=O) groups is 2. The van der Waals surface area contributed by atoms with Gasteiger partial charge in [0.1, 0.15) is 16.5 Å². The number of anilines is 1. The average molecular weight is 594 g/mol. The van der Waals surface area contributed by atoms with E-state index in [2.05, 4.69) is 42.7 Å². The minimum absolute atomic E-state index is 0.00656. The predicted octanol–water partition coefficient (Wildman–Crippen LogP) is 4.33. The van der Waals surface area contributed by atoms with E-state index in [4.69, 9.17) is 9.97 Å². The SMILES string of the molecule is Cc1nc(N2CCN(C(=O)C(=O)c3c[nH]c4c(-n5ccnn5)ncc(F)c34)C3(CC3)C2)c2c(-c3ccccc3)csc2n1. The van der Waals surface area contributed by atoms with Crippen molar-refractivity contribution >= 4 is 50.0 Å². The van der Waals surface area contributed by atoms with Crippen LogP contribution in [-0.4, -0.2) is 76.7 Å². The van der Waals surface area contributed by atoms with Gasteiger partial charge in [0, 0.05) is 36.8 Å². The summed E-state index contributed by atoms with van der Waals surface area (Å²) in [6.45, 7) is 3.28. The summed E-state index contributed by atoms with van der Waals surface area (Å²) in [6, 6.07) is 10.2. The van der Waals surface area contributed by atoms with Crippen LogP contribution >= 0.6 is 11.3 Å². The van der Waals surface area contributed by atoms with Crippen LogP contribution in [-0.2, 0) is 4.79 Å². The molecule has 1 aromatic carbocycles. The Morgan fingerprint density at radius 1 is 1.07 bits per heavy atom. The van der Waals surface area contributed by atoms with E-state index < -0.39 is 23.0 Å². The van der Waals surface area contributed by atoms with E-state index in [9.17, 15) is 9.59 Å². The Labute approximate surface area is 248 Å². The van der Waals surface area contributed by atoms with Crippen molar-refractivity contribution in [2.45, 2.75) is 25.3 Å². The van der Waals surface area contributed by atoms with Gasteiger partial charge in [-0.15, -0.1) is 16.4 Å². The van der Waals surface area contributed by atoms with Gasteiger partial charge in [-0.1, -0.05) is 35.5 Å². The fraction of sp³-hybridized carbons (Fsp3) is 0.233. The number of hydrogen-bond donors (Lipinski definition) is 1. The molecule has 1 N–H and O–H groups in total. The number of halogens is 1. The fourth-order valence-electron chi connectivity index (χ4n) is 6.14. The Balaban J connectivity index is 1.11. The highest BCUT2D eigenvalue weighted by Crippen LogP contribution is 2.47. The molecule has 1 saturated carbocycles. The summed E-state index contributed by atoms with van der Waals surface area (Å²) < 4.78 is 16.4. The van der Waals surface area contributed by atoms with Gasteiger partial charge in [-0.05, 0) is 25.3 Å². The van der Waals surface area contributed by atoms with E-state index in [1.807, 2.05) is 25.1 Å². The Morgan fingerprint density at radius 3 is 2.67 bits per heavy atom. The molecule has 11 nitrogen and oxygen atoms in total. The second-order valence-corrected chi connectivity index (χ2v) is 11.8. The molecule has 5 aromatic heterocycles. The molecule has 6 aromatic rings. The summed E-state index contributed by atoms with van der Waals surface area (Å²) in [5, 5.41) is 10.8. The monoisotopic (exact) mass is 593 g/mol. The zero-order valence-electron chi connectivity index (χ0n) is 23.0. The van der Waals surface area contributed by atoms with Crippen LogP contribution in [0, 0.1) is 12.7 Å². The van der Waals surface area contributed by atoms with Gasteiger partial charge in [0.05, 0.1) is 46.0 Å². The Kier molecular flexibility index (Phi) is 5.66. The van der Waals surface area contributed by atoms with Crippen LogP contribution in [0.1, 0.15) is 29.0 Å². The number of nitrogens with zero attached hydrogens (tertiary/aromatic N) is 8. The van der Waals surface area contributed by atoms with Crippen LogP contribution in [0.2, 0.25) is 0 Å². The van der Waals surface area contributed by atoms with Gasteiger partial charge >= 0.3 is 0 Å². The predicted molar refractivity (Wildman–Crippen MR) is 159 cm³/mol. The van der Waals surface area contributed by atoms with Crippen molar-refractivity contribution in [3.05, 3.63) is 77.7 Å². The number of aryl methyl sites for hydroxylation is 1. The topological polar surface area (TPSA) is 126 Å². The van der Waals surface area contributed by atoms with Crippen molar-refractivity contribution in [1.82, 2.24) is 39.8 Å². The molecular formula is C30H24FN9O2S. The first-order valence-corrected chi connectivity index (χ1v) is 14.8. The van der Waals surface area contributed by atoms with Crippen molar-refractivity contribution in [2.75, 3.05) is 24.5 Å². The molecule has 1 spiro atoms. The molecule has 1 aliphatic heterocycles. The summed E-state index contributed by atoms with van der Waals surface area (Å²) in [5.41, 5.74) is 1.92. The van der Waals surface area contributed by atoms with Crippen molar-refractivity contribution in [1.29, 1.82) is 0 Å². The molecule has 6 heterocycles. The average Bonchev–Trinajstić information content (AvgIpc) is 3.43. The molecule has 214 valence electrons. The lowest BCUT2D eigenvalue weighted by Crippen LogP contribution is -2.58. The summed E-state index contributed by atoms with van der Waals surface area (Å²) in [6.07, 6.45) is 6.97. The number of piperazine rings is 1. The molecule has 1 saturated heterocycles. The largest absolute Gasteiger partial charge is 0.357 e. The highest BCUT2D eigenvalue weighted by atomic mass is 32.1. The van der Waals surface area contributed by atoms with Crippen LogP contribution in [0.15, 0.2) is 60.5 Å². The standard InChI is InChI=1S/C30H24FN9O2S/c1-17-35-26(23-20(15-43-28(23)36-17)18-5-3-2-4-6-18)38-11-12-39(30(16-38)7-8-30)29(42)25(41)19-13-32-24-22(19)21(31)14-33-27(24)40-10-9-34-37-40/h2-6,9-10,13-15,32H,7-8,11-12,16H2,1H3. The van der Waals surface area contributed by atoms with Gasteiger partial charge < -0.3 is 14.8 Å². The summed E-state index contributed by atoms with van der Waals surface area (Å²) in [7, 11) is 0. The van der Waals surface area contributed by atoms with Crippen LogP contribution in [0.4, 0.5) is 10.2 Å². The van der Waals surface area contributed by atoms with Gasteiger partial charge in [-0.25, -0.2) is 24.0 Å². The van der Waals surface area contributed by atoms with Gasteiger partial charge in [0.15, 0.2) is 11.6 Å². The van der Waals surface area contributed by atoms with Gasteiger partial charge in [0.2, 0.25) is 0 Å². The number of benzene rings is 1. The second kappa shape index (κ2) is 9.49. The van der Waals surface area contributed by atoms with Crippen LogP contribution in [0.25, 0.3) is 38.1 Å². The van der Waals surface area contributed by atoms with Gasteiger partial charge in [0.25, 0.3) is 11.7 Å². The molecule has 0 radical (unpaired) electrons. The Bertz CT molecular complexity index is 2050. The molecule has 13 heteroatoms. The molecule has 0 atom stereocenters. The van der Waals surface area contributed by atoms with Gasteiger partial charge in [-0.3, -0.25) is 9.59 Å². The third-order valence-electron chi connectivity index (χ3n) is 8.36. The minimum atomic E-state index is -0.759. The number of aromatic nitrogens is 7. The smallest absolute Gasteiger partial charge is 0.295 e. The van der Waals surface area contributed by atoms with Crippen LogP contribution in [0.3, 0.4) is 0 Å². The number of rotatable bonds is 5. The van der Waals surface area contributed by atoms with Crippen molar-refractivity contribution in [2.24, 2.45) is 0 Å². The van der Waals surface area contributed by atoms with E-state index in [-0.39, 0.29) is 22.3 Å². The lowest BCUT2D eigenvalue weighted by molar-refractivity contribution is -0.130. The van der Waals surface area contributed by atoms with E-state index in [1.165, 1.54) is 17.1 Å². The number of hydrogen-bond acceptors (Lipinski definition) is 9. The first kappa shape index (κ1) is 25.7. The fourth-order valence-corrected chi connectivity index (χ4v) is 7.13. The normalized spacial score (nSPS) is 16.0. The minimum Gasteiger partial charge on any atom is -0.357 e. The number of Topliss-reactive ketones (excluding diaryl/α,β-unsaturated/α-hetero) is 1. The number of amides is 1. The zero-order valence-corrected chi connectivity index (χ0v) is 23.8. The summed E-state index contributed by atoms with van der Waals surface area (Å²) in [5.74, 6) is -0.285. The van der Waals surface area contributed by atoms with Crippen molar-refractivity contribution in [3.63, 3.8) is 0 Å². The lowest BCUT2D eigenvalue weighted by atomic mass is 10.0. The number of ketones is 1. The highest BCUT2D eigenvalue weighted by Gasteiger charge is 2.54. The summed E-state index contributed by atoms with van der Waals surface area (Å²) >= 11 is 1.59.